The molecule has 8 heavy (non-hydrogen) atoms. The topological polar surface area (TPSA) is 26.0 Å². The maximum atomic E-state index is 5.37. The first kappa shape index (κ1) is 8.00. The van der Waals surface area contributed by atoms with Crippen LogP contribution in [0.3, 0.4) is 0 Å². The molecule has 44 valence electrons. The minimum absolute atomic E-state index is 0.896. The third-order valence-corrected chi connectivity index (χ3v) is 1.02. The molecule has 1 nitrogen and oxygen atoms in total. The van der Waals surface area contributed by atoms with Crippen LogP contribution in [0.15, 0.2) is 24.3 Å². The first-order valence-corrected chi connectivity index (χ1v) is 3.72. The van der Waals surface area contributed by atoms with Gasteiger partial charge >= 0.3 is 60.3 Å². The van der Waals surface area contributed by atoms with E-state index in [-0.39, 0.29) is 0 Å². The summed E-state index contributed by atoms with van der Waals surface area (Å²) in [6.45, 7) is 5.62. The molecule has 0 heterocycles. The summed E-state index contributed by atoms with van der Waals surface area (Å²) >= 11 is 1.30. The summed E-state index contributed by atoms with van der Waals surface area (Å²) in [7, 11) is 0. The Morgan fingerprint density at radius 1 is 1.62 bits per heavy atom. The van der Waals surface area contributed by atoms with Crippen molar-refractivity contribution < 1.29 is 19.4 Å². The van der Waals surface area contributed by atoms with Crippen LogP contribution in [0.1, 0.15) is 6.92 Å². The van der Waals surface area contributed by atoms with Gasteiger partial charge in [0.1, 0.15) is 0 Å². The number of nitrogens with two attached hydrogens (primary N) is 1. The van der Waals surface area contributed by atoms with Crippen LogP contribution in [-0.2, 0) is 19.4 Å². The Bertz CT molecular complexity index is 119. The van der Waals surface area contributed by atoms with Crippen LogP contribution in [0.4, 0.5) is 0 Å². The monoisotopic (exact) mass is 279 g/mol. The van der Waals surface area contributed by atoms with E-state index in [0.29, 0.717) is 0 Å². The molecule has 0 aromatic carbocycles. The Labute approximate surface area is 60.7 Å². The first-order valence-electron chi connectivity index (χ1n) is 2.26. The normalized spacial score (nSPS) is 9.75. The second-order valence-electron chi connectivity index (χ2n) is 1.58. The van der Waals surface area contributed by atoms with Crippen molar-refractivity contribution >= 4 is 4.02 Å². The van der Waals surface area contributed by atoms with E-state index in [0.717, 1.165) is 9.59 Å². The molecule has 2 heteroatoms. The quantitative estimate of drug-likeness (QED) is 0.742. The molecule has 0 bridgehead atoms. The molecular formula is C6H9NW. The molecule has 0 aliphatic heterocycles. The summed E-state index contributed by atoms with van der Waals surface area (Å²) in [5.74, 6) is 0. The van der Waals surface area contributed by atoms with Crippen molar-refractivity contribution in [2.45, 2.75) is 6.92 Å². The maximum absolute atomic E-state index is 5.37. The molecule has 2 N–H and O–H groups in total. The van der Waals surface area contributed by atoms with E-state index < -0.39 is 0 Å². The van der Waals surface area contributed by atoms with Crippen molar-refractivity contribution in [2.24, 2.45) is 5.73 Å². The predicted octanol–water partition coefficient (Wildman–Crippen LogP) is 0.754. The third kappa shape index (κ3) is 6.00. The number of allylic oxidation sites excluding steroid dienone is 2. The molecule has 0 aliphatic rings. The van der Waals surface area contributed by atoms with Crippen LogP contribution >= 0.6 is 0 Å². The van der Waals surface area contributed by atoms with E-state index in [9.17, 15) is 0 Å². The van der Waals surface area contributed by atoms with Crippen LogP contribution < -0.4 is 5.73 Å². The average molecular weight is 279 g/mol. The number of hydrogen-bond acceptors (Lipinski definition) is 1. The molecule has 0 radical (unpaired) electrons. The molecule has 0 fully saturated rings. The summed E-state index contributed by atoms with van der Waals surface area (Å²) in [4.78, 5) is 0. The van der Waals surface area contributed by atoms with E-state index in [2.05, 4.69) is 6.58 Å². The Balaban J connectivity index is 3.67. The molecular weight excluding hydrogens is 270 g/mol. The molecule has 0 unspecified atom stereocenters. The zero-order valence-electron chi connectivity index (χ0n) is 4.85. The van der Waals surface area contributed by atoms with Crippen LogP contribution in [0, 0.1) is 0 Å². The van der Waals surface area contributed by atoms with Gasteiger partial charge in [0.05, 0.1) is 0 Å². The van der Waals surface area contributed by atoms with Crippen LogP contribution in [0.25, 0.3) is 0 Å². The second-order valence-corrected chi connectivity index (χ2v) is 3.28. The number of rotatable bonds is 2. The summed E-state index contributed by atoms with van der Waals surface area (Å²) in [6, 6.07) is 0. The molecule has 0 aromatic heterocycles. The standard InChI is InChI=1S/C6H9N.W/c1-6(2)4-3-5-7;/h3-4H,1,7H2,2H3;. The van der Waals surface area contributed by atoms with Gasteiger partial charge in [0.25, 0.3) is 0 Å². The summed E-state index contributed by atoms with van der Waals surface area (Å²) < 4.78 is 0.896. The summed E-state index contributed by atoms with van der Waals surface area (Å²) in [6.07, 6.45) is 3.78. The fourth-order valence-electron chi connectivity index (χ4n) is 0.224. The zero-order valence-corrected chi connectivity index (χ0v) is 7.78. The molecule has 0 saturated carbocycles. The van der Waals surface area contributed by atoms with Crippen LogP contribution in [0.2, 0.25) is 0 Å². The van der Waals surface area contributed by atoms with Gasteiger partial charge in [0, 0.05) is 0 Å². The van der Waals surface area contributed by atoms with Gasteiger partial charge < -0.3 is 0 Å². The summed E-state index contributed by atoms with van der Waals surface area (Å²) in [5, 5.41) is 0. The van der Waals surface area contributed by atoms with Gasteiger partial charge in [-0.25, -0.2) is 0 Å². The van der Waals surface area contributed by atoms with Gasteiger partial charge in [-0.2, -0.15) is 0 Å². The molecule has 0 spiro atoms. The Kier molecular flexibility index (Phi) is 3.94. The molecule has 0 aromatic rings. The third-order valence-electron chi connectivity index (χ3n) is 0.532. The van der Waals surface area contributed by atoms with Crippen molar-refractivity contribution in [2.75, 3.05) is 0 Å². The van der Waals surface area contributed by atoms with E-state index in [1.54, 1.807) is 0 Å². The second kappa shape index (κ2) is 3.94. The molecule has 0 aliphatic carbocycles. The SMILES string of the molecule is C=C(C)C=C[C](N)=[W]. The van der Waals surface area contributed by atoms with Gasteiger partial charge in [-0.1, -0.05) is 0 Å². The molecule has 0 saturated heterocycles. The van der Waals surface area contributed by atoms with Gasteiger partial charge in [-0.15, -0.1) is 0 Å². The van der Waals surface area contributed by atoms with Crippen molar-refractivity contribution in [3.05, 3.63) is 24.3 Å². The molecule has 0 rings (SSSR count). The van der Waals surface area contributed by atoms with Crippen molar-refractivity contribution in [3.63, 3.8) is 0 Å². The van der Waals surface area contributed by atoms with Crippen LogP contribution in [0.5, 0.6) is 0 Å². The zero-order chi connectivity index (χ0) is 6.57. The van der Waals surface area contributed by atoms with Gasteiger partial charge in [0.2, 0.25) is 0 Å². The van der Waals surface area contributed by atoms with E-state index in [4.69, 9.17) is 5.73 Å². The predicted molar refractivity (Wildman–Crippen MR) is 33.1 cm³/mol. The van der Waals surface area contributed by atoms with E-state index in [1.807, 2.05) is 19.1 Å². The Morgan fingerprint density at radius 2 is 2.12 bits per heavy atom. The fraction of sp³-hybridized carbons (Fsp3) is 0.167. The summed E-state index contributed by atoms with van der Waals surface area (Å²) in [5.41, 5.74) is 6.40. The molecule has 0 atom stereocenters. The average Bonchev–Trinajstić information content (AvgIpc) is 1.61. The first-order chi connectivity index (χ1) is 3.63. The Morgan fingerprint density at radius 3 is 2.25 bits per heavy atom. The minimum atomic E-state index is 0.896. The van der Waals surface area contributed by atoms with Gasteiger partial charge in [-0.05, 0) is 0 Å². The van der Waals surface area contributed by atoms with Crippen molar-refractivity contribution in [1.82, 2.24) is 0 Å². The fourth-order valence-corrected chi connectivity index (χ4v) is 0.469. The number of hydrogen-bond donors (Lipinski definition) is 1. The van der Waals surface area contributed by atoms with Crippen LogP contribution in [-0.4, -0.2) is 4.02 Å². The Hall–Kier alpha value is -0.00169. The van der Waals surface area contributed by atoms with Gasteiger partial charge in [-0.3, -0.25) is 0 Å². The van der Waals surface area contributed by atoms with Crippen molar-refractivity contribution in [1.29, 1.82) is 0 Å². The van der Waals surface area contributed by atoms with Gasteiger partial charge in [0.15, 0.2) is 0 Å². The van der Waals surface area contributed by atoms with E-state index >= 15 is 0 Å². The van der Waals surface area contributed by atoms with Crippen molar-refractivity contribution in [3.8, 4) is 0 Å². The van der Waals surface area contributed by atoms with E-state index in [1.165, 1.54) is 19.4 Å². The molecule has 0 amide bonds.